The van der Waals surface area contributed by atoms with Crippen LogP contribution in [0.2, 0.25) is 0 Å². The third-order valence-electron chi connectivity index (χ3n) is 17.5. The first kappa shape index (κ1) is 73.7. The smallest absolute Gasteiger partial charge is 0.319 e. The standard InChI is InChI=1S/C38H52N4O6.C38H52N4O5/c1-7-11-22-41-23-20-32(21-24-41)48-33-18-12-27(25-35(33)45-5)37(43)42(10-4)30-14-16-31(17-15-30)47-34-19-13-29(26-36(34)46-6)40-38(44)39-28(8-2)9-3;1-7-11-22-41-23-20-33(21-24-41)46-34-18-12-28(25-27(34)5)37(43)42(10-4)31-14-16-32(17-15-31)47-35-19-13-30(26-36(35)45-6)40-38(44)39-29(8-2)9-3/h12-19,25-26,28,32H,7-11,20-24H2,1-6H3,(H2,39,40,44);12-19,25-26,29,33H,7-11,20-24H2,1-6H3,(H2,39,40,44). The van der Waals surface area contributed by atoms with Crippen molar-refractivity contribution in [2.45, 2.75) is 164 Å². The fourth-order valence-corrected chi connectivity index (χ4v) is 11.6. The minimum Gasteiger partial charge on any atom is -0.493 e. The van der Waals surface area contributed by atoms with Crippen molar-refractivity contribution in [3.63, 3.8) is 0 Å². The number of ether oxygens (including phenoxy) is 7. The van der Waals surface area contributed by atoms with E-state index >= 15 is 0 Å². The molecule has 0 aromatic heterocycles. The molecular formula is C76H104N8O11. The van der Waals surface area contributed by atoms with Crippen molar-refractivity contribution < 1.29 is 52.3 Å². The lowest BCUT2D eigenvalue weighted by Gasteiger charge is -2.32. The summed E-state index contributed by atoms with van der Waals surface area (Å²) in [5, 5.41) is 11.6. The number of urea groups is 2. The van der Waals surface area contributed by atoms with E-state index in [1.54, 1.807) is 79.7 Å². The number of rotatable bonds is 31. The number of nitrogens with one attached hydrogen (secondary N) is 4. The molecule has 6 aromatic rings. The Morgan fingerprint density at radius 1 is 0.453 bits per heavy atom. The number of amides is 6. The van der Waals surface area contributed by atoms with Gasteiger partial charge in [-0.3, -0.25) is 9.59 Å². The lowest BCUT2D eigenvalue weighted by molar-refractivity contribution is 0.0965. The summed E-state index contributed by atoms with van der Waals surface area (Å²) >= 11 is 0. The first-order chi connectivity index (χ1) is 46.1. The Morgan fingerprint density at radius 3 is 1.19 bits per heavy atom. The van der Waals surface area contributed by atoms with E-state index in [0.717, 1.165) is 107 Å². The Kier molecular flexibility index (Phi) is 29.5. The van der Waals surface area contributed by atoms with E-state index in [2.05, 4.69) is 44.9 Å². The molecule has 8 rings (SSSR count). The van der Waals surface area contributed by atoms with E-state index < -0.39 is 0 Å². The number of carbonyl (C=O) groups excluding carboxylic acids is 4. The number of likely N-dealkylation sites (tertiary alicyclic amines) is 2. The molecular weight excluding hydrogens is 1200 g/mol. The lowest BCUT2D eigenvalue weighted by Crippen LogP contribution is -2.38. The molecule has 6 aromatic carbocycles. The topological polar surface area (TPSA) is 194 Å². The number of aryl methyl sites for hydroxylation is 1. The molecule has 0 aliphatic carbocycles. The van der Waals surface area contributed by atoms with Crippen LogP contribution in [0, 0.1) is 6.92 Å². The number of piperidine rings is 2. The fraction of sp³-hybridized carbons (Fsp3) is 0.474. The molecule has 0 spiro atoms. The minimum atomic E-state index is -0.263. The maximum absolute atomic E-state index is 13.7. The highest BCUT2D eigenvalue weighted by molar-refractivity contribution is 6.07. The van der Waals surface area contributed by atoms with Gasteiger partial charge in [-0.1, -0.05) is 54.4 Å². The monoisotopic (exact) mass is 1300 g/mol. The lowest BCUT2D eigenvalue weighted by atomic mass is 10.1. The number of benzene rings is 6. The number of hydrogen-bond donors (Lipinski definition) is 4. The predicted octanol–water partition coefficient (Wildman–Crippen LogP) is 16.5. The largest absolute Gasteiger partial charge is 0.493 e. The van der Waals surface area contributed by atoms with Crippen LogP contribution in [0.3, 0.4) is 0 Å². The van der Waals surface area contributed by atoms with E-state index in [4.69, 9.17) is 33.2 Å². The maximum atomic E-state index is 13.7. The molecule has 2 fully saturated rings. The molecule has 6 amide bonds. The summed E-state index contributed by atoms with van der Waals surface area (Å²) in [7, 11) is 4.71. The second-order valence-electron chi connectivity index (χ2n) is 24.1. The molecule has 19 nitrogen and oxygen atoms in total. The normalized spacial score (nSPS) is 13.6. The fourth-order valence-electron chi connectivity index (χ4n) is 11.6. The second kappa shape index (κ2) is 38.0. The third kappa shape index (κ3) is 21.7. The molecule has 0 atom stereocenters. The van der Waals surface area contributed by atoms with E-state index in [9.17, 15) is 19.2 Å². The maximum Gasteiger partial charge on any atom is 0.319 e. The molecule has 0 radical (unpaired) electrons. The number of unbranched alkanes of at least 4 members (excludes halogenated alkanes) is 2. The van der Waals surface area contributed by atoms with Gasteiger partial charge < -0.3 is 74.0 Å². The van der Waals surface area contributed by atoms with Crippen molar-refractivity contribution in [3.8, 4) is 51.7 Å². The van der Waals surface area contributed by atoms with Crippen molar-refractivity contribution in [2.75, 3.05) is 94.1 Å². The van der Waals surface area contributed by atoms with Gasteiger partial charge in [0.1, 0.15) is 29.5 Å². The molecule has 514 valence electrons. The quantitative estimate of drug-likeness (QED) is 0.0321. The third-order valence-corrected chi connectivity index (χ3v) is 17.5. The van der Waals surface area contributed by atoms with Gasteiger partial charge in [0.05, 0.1) is 21.3 Å². The van der Waals surface area contributed by atoms with Gasteiger partial charge in [0.25, 0.3) is 11.8 Å². The molecule has 2 heterocycles. The Bertz CT molecular complexity index is 3360. The van der Waals surface area contributed by atoms with Gasteiger partial charge in [-0.25, -0.2) is 9.59 Å². The molecule has 2 aliphatic heterocycles. The summed E-state index contributed by atoms with van der Waals surface area (Å²) in [6, 6.07) is 36.1. The summed E-state index contributed by atoms with van der Waals surface area (Å²) in [6.07, 6.45) is 12.7. The zero-order chi connectivity index (χ0) is 68.2. The molecule has 4 N–H and O–H groups in total. The first-order valence-electron chi connectivity index (χ1n) is 34.4. The Hall–Kier alpha value is -8.68. The summed E-state index contributed by atoms with van der Waals surface area (Å²) < 4.78 is 41.7. The number of anilines is 4. The Morgan fingerprint density at radius 2 is 0.821 bits per heavy atom. The zero-order valence-electron chi connectivity index (χ0n) is 58.3. The van der Waals surface area contributed by atoms with Crippen LogP contribution >= 0.6 is 0 Å². The molecule has 0 saturated carbocycles. The average molecular weight is 1310 g/mol. The highest BCUT2D eigenvalue weighted by Crippen LogP contribution is 2.38. The van der Waals surface area contributed by atoms with Gasteiger partial charge in [-0.05, 0) is 213 Å². The van der Waals surface area contributed by atoms with Gasteiger partial charge in [0.2, 0.25) is 0 Å². The summed E-state index contributed by atoms with van der Waals surface area (Å²) in [5.74, 6) is 4.99. The van der Waals surface area contributed by atoms with Crippen LogP contribution in [0.1, 0.15) is 159 Å². The van der Waals surface area contributed by atoms with Crippen LogP contribution in [-0.2, 0) is 0 Å². The van der Waals surface area contributed by atoms with Crippen molar-refractivity contribution in [2.24, 2.45) is 0 Å². The van der Waals surface area contributed by atoms with Crippen LogP contribution in [0.25, 0.3) is 0 Å². The predicted molar refractivity (Wildman–Crippen MR) is 381 cm³/mol. The van der Waals surface area contributed by atoms with Crippen LogP contribution in [-0.4, -0.2) is 132 Å². The van der Waals surface area contributed by atoms with Crippen molar-refractivity contribution in [3.05, 3.63) is 138 Å². The minimum absolute atomic E-state index is 0.0713. The SMILES string of the molecule is CCCCN1CCC(Oc2ccc(C(=O)N(CC)c3ccc(Oc4ccc(NC(=O)NC(CC)CC)cc4OC)cc3)cc2C)CC1.CCCCN1CCC(Oc2ccc(C(=O)N(CC)c3ccc(Oc4ccc(NC(=O)NC(CC)CC)cc4OC)cc3)cc2OC)CC1. The van der Waals surface area contributed by atoms with Crippen molar-refractivity contribution in [1.29, 1.82) is 0 Å². The van der Waals surface area contributed by atoms with Gasteiger partial charge >= 0.3 is 12.1 Å². The average Bonchev–Trinajstić information content (AvgIpc) is 0.885. The van der Waals surface area contributed by atoms with E-state index in [1.807, 2.05) is 121 Å². The molecule has 19 heteroatoms. The van der Waals surface area contributed by atoms with Crippen molar-refractivity contribution >= 4 is 46.6 Å². The molecule has 95 heavy (non-hydrogen) atoms. The van der Waals surface area contributed by atoms with E-state index in [0.29, 0.717) is 81.6 Å². The Labute approximate surface area is 564 Å². The molecule has 2 aliphatic rings. The van der Waals surface area contributed by atoms with Gasteiger partial charge in [0.15, 0.2) is 34.5 Å². The van der Waals surface area contributed by atoms with E-state index in [1.165, 1.54) is 32.2 Å². The molecule has 2 saturated heterocycles. The number of nitrogens with zero attached hydrogens (tertiary/aromatic N) is 4. The van der Waals surface area contributed by atoms with Gasteiger partial charge in [-0.2, -0.15) is 0 Å². The molecule has 0 bridgehead atoms. The highest BCUT2D eigenvalue weighted by Gasteiger charge is 2.26. The summed E-state index contributed by atoms with van der Waals surface area (Å²) in [5.41, 5.74) is 4.80. The first-order valence-corrected chi connectivity index (χ1v) is 34.4. The molecule has 0 unspecified atom stereocenters. The van der Waals surface area contributed by atoms with E-state index in [-0.39, 0.29) is 48.2 Å². The Balaban J connectivity index is 0.000000269. The van der Waals surface area contributed by atoms with Crippen LogP contribution in [0.4, 0.5) is 32.3 Å². The summed E-state index contributed by atoms with van der Waals surface area (Å²) in [4.78, 5) is 60.5. The van der Waals surface area contributed by atoms with Crippen LogP contribution < -0.4 is 64.2 Å². The number of methoxy groups -OCH3 is 3. The van der Waals surface area contributed by atoms with Gasteiger partial charge in [0, 0.05) is 97.4 Å². The van der Waals surface area contributed by atoms with Crippen LogP contribution in [0.15, 0.2) is 121 Å². The number of carbonyl (C=O) groups is 4. The summed E-state index contributed by atoms with van der Waals surface area (Å²) in [6.45, 7) is 26.1. The second-order valence-corrected chi connectivity index (χ2v) is 24.1. The van der Waals surface area contributed by atoms with Crippen molar-refractivity contribution in [1.82, 2.24) is 20.4 Å². The number of hydrogen-bond acceptors (Lipinski definition) is 13. The highest BCUT2D eigenvalue weighted by atomic mass is 16.5. The zero-order valence-corrected chi connectivity index (χ0v) is 58.3. The van der Waals surface area contributed by atoms with Crippen LogP contribution in [0.5, 0.6) is 51.7 Å². The van der Waals surface area contributed by atoms with Gasteiger partial charge in [-0.15, -0.1) is 0 Å².